The van der Waals surface area contributed by atoms with Crippen molar-refractivity contribution in [1.29, 1.82) is 0 Å². The van der Waals surface area contributed by atoms with Crippen LogP contribution in [0, 0.1) is 0 Å². The van der Waals surface area contributed by atoms with Crippen LogP contribution in [0.2, 0.25) is 10.0 Å². The average Bonchev–Trinajstić information content (AvgIpc) is 2.57. The van der Waals surface area contributed by atoms with Crippen molar-refractivity contribution in [1.82, 2.24) is 4.90 Å². The fraction of sp³-hybridized carbons (Fsp3) is 0.167. The Bertz CT molecular complexity index is 855. The van der Waals surface area contributed by atoms with Crippen molar-refractivity contribution in [3.05, 3.63) is 58.1 Å². The summed E-state index contributed by atoms with van der Waals surface area (Å²) in [5.74, 6) is -0.956. The van der Waals surface area contributed by atoms with Gasteiger partial charge in [-0.05, 0) is 36.4 Å². The molecule has 0 unspecified atom stereocenters. The van der Waals surface area contributed by atoms with Crippen molar-refractivity contribution in [3.8, 4) is 0 Å². The summed E-state index contributed by atoms with van der Waals surface area (Å²) in [5, 5.41) is 5.97. The summed E-state index contributed by atoms with van der Waals surface area (Å²) >= 11 is 11.7. The Labute approximate surface area is 161 Å². The van der Waals surface area contributed by atoms with Gasteiger partial charge in [-0.3, -0.25) is 14.4 Å². The molecule has 0 bridgehead atoms. The maximum atomic E-state index is 12.5. The first-order valence-electron chi connectivity index (χ1n) is 7.64. The highest BCUT2D eigenvalue weighted by Gasteiger charge is 2.16. The number of hydrogen-bond acceptors (Lipinski definition) is 3. The molecule has 3 amide bonds. The van der Waals surface area contributed by atoms with Gasteiger partial charge in [-0.1, -0.05) is 29.3 Å². The lowest BCUT2D eigenvalue weighted by atomic mass is 10.1. The van der Waals surface area contributed by atoms with E-state index in [1.165, 1.54) is 24.9 Å². The van der Waals surface area contributed by atoms with Crippen LogP contribution in [-0.2, 0) is 9.59 Å². The largest absolute Gasteiger partial charge is 0.332 e. The van der Waals surface area contributed by atoms with E-state index < -0.39 is 0 Å². The van der Waals surface area contributed by atoms with Crippen LogP contribution in [0.15, 0.2) is 42.5 Å². The first-order valence-corrected chi connectivity index (χ1v) is 8.40. The Morgan fingerprint density at radius 3 is 2.31 bits per heavy atom. The van der Waals surface area contributed by atoms with Gasteiger partial charge in [0.2, 0.25) is 11.8 Å². The molecule has 0 atom stereocenters. The van der Waals surface area contributed by atoms with E-state index in [0.29, 0.717) is 27.0 Å². The van der Waals surface area contributed by atoms with Crippen LogP contribution in [0.5, 0.6) is 0 Å². The van der Waals surface area contributed by atoms with E-state index >= 15 is 0 Å². The fourth-order valence-electron chi connectivity index (χ4n) is 2.22. The van der Waals surface area contributed by atoms with Crippen LogP contribution in [0.4, 0.5) is 11.4 Å². The second-order valence-corrected chi connectivity index (χ2v) is 6.41. The number of amides is 3. The molecule has 0 aliphatic heterocycles. The van der Waals surface area contributed by atoms with E-state index in [4.69, 9.17) is 23.2 Å². The molecule has 0 aromatic heterocycles. The molecular formula is C18H17Cl2N3O3. The molecule has 0 saturated carbocycles. The zero-order valence-corrected chi connectivity index (χ0v) is 15.7. The first kappa shape index (κ1) is 19.8. The first-order chi connectivity index (χ1) is 12.3. The molecule has 0 spiro atoms. The summed E-state index contributed by atoms with van der Waals surface area (Å²) in [4.78, 5) is 37.0. The van der Waals surface area contributed by atoms with Crippen molar-refractivity contribution < 1.29 is 14.4 Å². The number of nitrogens with zero attached hydrogens (tertiary/aromatic N) is 1. The lowest BCUT2D eigenvalue weighted by Gasteiger charge is -2.17. The zero-order chi connectivity index (χ0) is 19.3. The molecule has 8 heteroatoms. The minimum absolute atomic E-state index is 0.149. The summed E-state index contributed by atoms with van der Waals surface area (Å²) in [6, 6.07) is 11.2. The lowest BCUT2D eigenvalue weighted by Crippen LogP contribution is -2.35. The molecule has 2 N–H and O–H groups in total. The van der Waals surface area contributed by atoms with E-state index in [1.807, 2.05) is 0 Å². The van der Waals surface area contributed by atoms with Gasteiger partial charge < -0.3 is 15.5 Å². The second kappa shape index (κ2) is 8.69. The van der Waals surface area contributed by atoms with Crippen molar-refractivity contribution in [2.45, 2.75) is 6.92 Å². The van der Waals surface area contributed by atoms with Crippen molar-refractivity contribution >= 4 is 52.3 Å². The monoisotopic (exact) mass is 393 g/mol. The maximum absolute atomic E-state index is 12.5. The van der Waals surface area contributed by atoms with Gasteiger partial charge in [0.1, 0.15) is 0 Å². The van der Waals surface area contributed by atoms with Crippen molar-refractivity contribution in [2.75, 3.05) is 24.2 Å². The van der Waals surface area contributed by atoms with Gasteiger partial charge in [-0.15, -0.1) is 0 Å². The lowest BCUT2D eigenvalue weighted by molar-refractivity contribution is -0.116. The summed E-state index contributed by atoms with van der Waals surface area (Å²) in [5.41, 5.74) is 1.36. The summed E-state index contributed by atoms with van der Waals surface area (Å²) in [6.45, 7) is 1.23. The second-order valence-electron chi connectivity index (χ2n) is 5.60. The third-order valence-corrected chi connectivity index (χ3v) is 4.10. The third-order valence-electron chi connectivity index (χ3n) is 3.36. The van der Waals surface area contributed by atoms with E-state index in [2.05, 4.69) is 10.6 Å². The van der Waals surface area contributed by atoms with Gasteiger partial charge >= 0.3 is 0 Å². The molecule has 0 saturated heterocycles. The molecule has 0 aliphatic carbocycles. The van der Waals surface area contributed by atoms with Crippen LogP contribution in [0.3, 0.4) is 0 Å². The third kappa shape index (κ3) is 5.47. The normalized spacial score (nSPS) is 10.2. The molecule has 0 heterocycles. The van der Waals surface area contributed by atoms with Crippen molar-refractivity contribution in [2.24, 2.45) is 0 Å². The van der Waals surface area contributed by atoms with E-state index in [0.717, 1.165) is 0 Å². The van der Waals surface area contributed by atoms with Gasteiger partial charge in [0.05, 0.1) is 16.6 Å². The van der Waals surface area contributed by atoms with Gasteiger partial charge in [-0.25, -0.2) is 0 Å². The quantitative estimate of drug-likeness (QED) is 0.813. The smallest absolute Gasteiger partial charge is 0.254 e. The number of carbonyl (C=O) groups excluding carboxylic acids is 3. The topological polar surface area (TPSA) is 78.5 Å². The molecule has 2 aromatic rings. The standard InChI is InChI=1S/C18H17Cl2N3O3/c1-11(24)21-13-5-3-4-12(8-13)18(26)23(2)10-17(25)22-14-6-7-15(19)16(20)9-14/h3-9H,10H2,1-2H3,(H,21,24)(H,22,25). The van der Waals surface area contributed by atoms with Crippen LogP contribution in [-0.4, -0.2) is 36.2 Å². The molecule has 0 fully saturated rings. The maximum Gasteiger partial charge on any atom is 0.254 e. The van der Waals surface area contributed by atoms with E-state index in [1.54, 1.807) is 36.4 Å². The SMILES string of the molecule is CC(=O)Nc1cccc(C(=O)N(C)CC(=O)Nc2ccc(Cl)c(Cl)c2)c1. The Hall–Kier alpha value is -2.57. The molecule has 0 aliphatic rings. The molecular weight excluding hydrogens is 377 g/mol. The van der Waals surface area contributed by atoms with Gasteiger partial charge in [0.15, 0.2) is 0 Å². The highest BCUT2D eigenvalue weighted by atomic mass is 35.5. The zero-order valence-electron chi connectivity index (χ0n) is 14.2. The molecule has 6 nitrogen and oxygen atoms in total. The highest BCUT2D eigenvalue weighted by molar-refractivity contribution is 6.42. The summed E-state index contributed by atoms with van der Waals surface area (Å²) in [6.07, 6.45) is 0. The number of halogens is 2. The molecule has 26 heavy (non-hydrogen) atoms. The Kier molecular flexibility index (Phi) is 6.60. The minimum Gasteiger partial charge on any atom is -0.332 e. The van der Waals surface area contributed by atoms with Crippen LogP contribution < -0.4 is 10.6 Å². The molecule has 2 aromatic carbocycles. The number of anilines is 2. The number of benzene rings is 2. The fourth-order valence-corrected chi connectivity index (χ4v) is 2.51. The average molecular weight is 394 g/mol. The Morgan fingerprint density at radius 2 is 1.65 bits per heavy atom. The van der Waals surface area contributed by atoms with Gasteiger partial charge in [-0.2, -0.15) is 0 Å². The van der Waals surface area contributed by atoms with Crippen LogP contribution in [0.1, 0.15) is 17.3 Å². The number of hydrogen-bond donors (Lipinski definition) is 2. The number of rotatable bonds is 5. The van der Waals surface area contributed by atoms with Crippen LogP contribution in [0.25, 0.3) is 0 Å². The number of carbonyl (C=O) groups is 3. The van der Waals surface area contributed by atoms with E-state index in [-0.39, 0.29) is 24.3 Å². The van der Waals surface area contributed by atoms with Gasteiger partial charge in [0, 0.05) is 30.9 Å². The molecule has 2 rings (SSSR count). The Morgan fingerprint density at radius 1 is 0.962 bits per heavy atom. The summed E-state index contributed by atoms with van der Waals surface area (Å²) < 4.78 is 0. The predicted octanol–water partition coefficient (Wildman–Crippen LogP) is 3.66. The van der Waals surface area contributed by atoms with Crippen LogP contribution >= 0.6 is 23.2 Å². The van der Waals surface area contributed by atoms with E-state index in [9.17, 15) is 14.4 Å². The van der Waals surface area contributed by atoms with Crippen molar-refractivity contribution in [3.63, 3.8) is 0 Å². The summed E-state index contributed by atoms with van der Waals surface area (Å²) in [7, 11) is 1.52. The Balaban J connectivity index is 2.00. The molecule has 0 radical (unpaired) electrons. The van der Waals surface area contributed by atoms with Gasteiger partial charge in [0.25, 0.3) is 5.91 Å². The highest BCUT2D eigenvalue weighted by Crippen LogP contribution is 2.25. The predicted molar refractivity (Wildman–Crippen MR) is 103 cm³/mol. The number of likely N-dealkylation sites (N-methyl/N-ethyl adjacent to an activating group) is 1. The molecule has 136 valence electrons. The minimum atomic E-state index is -0.378. The number of nitrogens with one attached hydrogen (secondary N) is 2.